The van der Waals surface area contributed by atoms with E-state index in [9.17, 15) is 9.59 Å². The molecule has 28 heavy (non-hydrogen) atoms. The number of pyridine rings is 3. The number of nitrogens with zero attached hydrogens (tertiary/aromatic N) is 2. The third kappa shape index (κ3) is 3.32. The largest absolute Gasteiger partial charge is 0.337 e. The van der Waals surface area contributed by atoms with Gasteiger partial charge in [-0.25, -0.2) is 9.97 Å². The fraction of sp³-hybridized carbons (Fsp3) is 0.0909. The van der Waals surface area contributed by atoms with E-state index in [1.54, 1.807) is 12.1 Å². The van der Waals surface area contributed by atoms with E-state index < -0.39 is 0 Å². The molecule has 0 saturated heterocycles. The summed E-state index contributed by atoms with van der Waals surface area (Å²) >= 11 is 6.17. The number of benzene rings is 1. The molecule has 0 spiro atoms. The highest BCUT2D eigenvalue weighted by Crippen LogP contribution is 2.33. The molecule has 5 nitrogen and oxygen atoms in total. The minimum atomic E-state index is -0.260. The molecule has 0 aliphatic rings. The second-order valence-electron chi connectivity index (χ2n) is 6.57. The lowest BCUT2D eigenvalue weighted by Crippen LogP contribution is -2.10. The molecule has 4 rings (SSSR count). The van der Waals surface area contributed by atoms with E-state index in [1.165, 1.54) is 13.0 Å². The van der Waals surface area contributed by atoms with E-state index >= 15 is 0 Å². The molecule has 1 N–H and O–H groups in total. The first-order chi connectivity index (χ1) is 13.4. The van der Waals surface area contributed by atoms with E-state index in [1.807, 2.05) is 43.3 Å². The Kier molecular flexibility index (Phi) is 4.53. The Balaban J connectivity index is 2.09. The maximum atomic E-state index is 12.6. The number of fused-ring (bicyclic) bond motifs is 1. The number of ketones is 1. The van der Waals surface area contributed by atoms with Crippen molar-refractivity contribution in [3.05, 3.63) is 81.4 Å². The number of rotatable bonds is 3. The monoisotopic (exact) mass is 389 g/mol. The summed E-state index contributed by atoms with van der Waals surface area (Å²) in [4.78, 5) is 36.3. The molecular formula is C22H16ClN3O2. The van der Waals surface area contributed by atoms with Gasteiger partial charge in [0.2, 0.25) is 0 Å². The van der Waals surface area contributed by atoms with E-state index in [0.717, 1.165) is 22.4 Å². The Labute approximate surface area is 166 Å². The number of H-pyrrole nitrogens is 1. The van der Waals surface area contributed by atoms with Crippen LogP contribution in [0.25, 0.3) is 33.4 Å². The van der Waals surface area contributed by atoms with Gasteiger partial charge in [-0.3, -0.25) is 9.59 Å². The highest BCUT2D eigenvalue weighted by atomic mass is 35.5. The average molecular weight is 390 g/mol. The maximum Gasteiger partial charge on any atom is 0.191 e. The fourth-order valence-electron chi connectivity index (χ4n) is 3.18. The van der Waals surface area contributed by atoms with Crippen LogP contribution in [0.2, 0.25) is 5.15 Å². The molecule has 4 aromatic rings. The van der Waals surface area contributed by atoms with Crippen LogP contribution in [0.5, 0.6) is 0 Å². The van der Waals surface area contributed by atoms with Gasteiger partial charge in [-0.15, -0.1) is 0 Å². The SMILES string of the molecule is CC(=O)c1cc(=O)c2cc(-c3cc(C)nc(Cl)c3)c(-c3ccccc3)nc2[nH]1. The third-order valence-electron chi connectivity index (χ3n) is 4.48. The van der Waals surface area contributed by atoms with Gasteiger partial charge in [0.15, 0.2) is 11.2 Å². The summed E-state index contributed by atoms with van der Waals surface area (Å²) in [7, 11) is 0. The average Bonchev–Trinajstić information content (AvgIpc) is 2.67. The van der Waals surface area contributed by atoms with Crippen molar-refractivity contribution in [2.75, 3.05) is 0 Å². The number of aromatic amines is 1. The molecule has 1 aromatic carbocycles. The number of hydrogen-bond acceptors (Lipinski definition) is 4. The van der Waals surface area contributed by atoms with E-state index in [0.29, 0.717) is 21.9 Å². The predicted octanol–water partition coefficient (Wildman–Crippen LogP) is 4.82. The minimum absolute atomic E-state index is 0.220. The quantitative estimate of drug-likeness (QED) is 0.402. The lowest BCUT2D eigenvalue weighted by atomic mass is 9.98. The summed E-state index contributed by atoms with van der Waals surface area (Å²) in [5.74, 6) is -0.220. The van der Waals surface area contributed by atoms with Gasteiger partial charge < -0.3 is 4.98 Å². The molecule has 0 unspecified atom stereocenters. The van der Waals surface area contributed by atoms with Crippen LogP contribution in [-0.4, -0.2) is 20.7 Å². The van der Waals surface area contributed by atoms with Crippen molar-refractivity contribution < 1.29 is 4.79 Å². The zero-order chi connectivity index (χ0) is 19.8. The van der Waals surface area contributed by atoms with Crippen LogP contribution >= 0.6 is 11.6 Å². The van der Waals surface area contributed by atoms with Crippen LogP contribution in [0.3, 0.4) is 0 Å². The molecule has 0 bridgehead atoms. The highest BCUT2D eigenvalue weighted by Gasteiger charge is 2.15. The van der Waals surface area contributed by atoms with Gasteiger partial charge in [0, 0.05) is 29.8 Å². The van der Waals surface area contributed by atoms with Gasteiger partial charge in [0.25, 0.3) is 0 Å². The smallest absolute Gasteiger partial charge is 0.191 e. The summed E-state index contributed by atoms with van der Waals surface area (Å²) in [6, 6.07) is 16.4. The molecular weight excluding hydrogens is 374 g/mol. The van der Waals surface area contributed by atoms with Crippen molar-refractivity contribution in [1.29, 1.82) is 0 Å². The van der Waals surface area contributed by atoms with Crippen LogP contribution in [0, 0.1) is 6.92 Å². The van der Waals surface area contributed by atoms with Crippen molar-refractivity contribution in [3.8, 4) is 22.4 Å². The first-order valence-corrected chi connectivity index (χ1v) is 9.09. The Hall–Kier alpha value is -3.31. The zero-order valence-corrected chi connectivity index (χ0v) is 16.0. The van der Waals surface area contributed by atoms with Gasteiger partial charge in [0.1, 0.15) is 10.8 Å². The summed E-state index contributed by atoms with van der Waals surface area (Å²) in [6.07, 6.45) is 0. The van der Waals surface area contributed by atoms with Crippen LogP contribution in [-0.2, 0) is 0 Å². The maximum absolute atomic E-state index is 12.6. The number of aryl methyl sites for hydroxylation is 1. The van der Waals surface area contributed by atoms with Gasteiger partial charge in [-0.1, -0.05) is 41.9 Å². The Morgan fingerprint density at radius 3 is 2.43 bits per heavy atom. The minimum Gasteiger partial charge on any atom is -0.337 e. The summed E-state index contributed by atoms with van der Waals surface area (Å²) in [5.41, 5.74) is 4.28. The van der Waals surface area contributed by atoms with Gasteiger partial charge in [0.05, 0.1) is 16.8 Å². The first kappa shape index (κ1) is 18.1. The van der Waals surface area contributed by atoms with Crippen molar-refractivity contribution in [1.82, 2.24) is 15.0 Å². The number of Topliss-reactive ketones (excluding diaryl/α,β-unsaturated/α-hetero) is 1. The Morgan fingerprint density at radius 1 is 1.00 bits per heavy atom. The molecule has 3 heterocycles. The van der Waals surface area contributed by atoms with Crippen molar-refractivity contribution in [2.45, 2.75) is 13.8 Å². The molecule has 138 valence electrons. The van der Waals surface area contributed by atoms with Crippen LogP contribution in [0.1, 0.15) is 23.1 Å². The van der Waals surface area contributed by atoms with Crippen molar-refractivity contribution in [2.24, 2.45) is 0 Å². The highest BCUT2D eigenvalue weighted by molar-refractivity contribution is 6.29. The standard InChI is InChI=1S/C22H16ClN3O2/c1-12-8-15(9-20(23)24-12)16-10-17-19(28)11-18(13(2)27)25-22(17)26-21(16)14-6-4-3-5-7-14/h3-11H,1-2H3,(H,25,26,28). The Bertz CT molecular complexity index is 1260. The molecule has 0 amide bonds. The number of carbonyl (C=O) groups is 1. The fourth-order valence-corrected chi connectivity index (χ4v) is 3.43. The second kappa shape index (κ2) is 7.02. The molecule has 0 atom stereocenters. The summed E-state index contributed by atoms with van der Waals surface area (Å²) in [6.45, 7) is 3.27. The third-order valence-corrected chi connectivity index (χ3v) is 4.67. The normalized spacial score (nSPS) is 11.0. The second-order valence-corrected chi connectivity index (χ2v) is 6.96. The number of nitrogens with one attached hydrogen (secondary N) is 1. The van der Waals surface area contributed by atoms with Crippen LogP contribution < -0.4 is 5.43 Å². The summed E-state index contributed by atoms with van der Waals surface area (Å²) < 4.78 is 0. The lowest BCUT2D eigenvalue weighted by Gasteiger charge is -2.12. The number of aromatic nitrogens is 3. The van der Waals surface area contributed by atoms with Crippen molar-refractivity contribution in [3.63, 3.8) is 0 Å². The van der Waals surface area contributed by atoms with Gasteiger partial charge in [-0.2, -0.15) is 0 Å². The molecule has 6 heteroatoms. The number of carbonyl (C=O) groups excluding carboxylic acids is 1. The Morgan fingerprint density at radius 2 is 1.75 bits per heavy atom. The van der Waals surface area contributed by atoms with Gasteiger partial charge >= 0.3 is 0 Å². The van der Waals surface area contributed by atoms with Crippen LogP contribution in [0.4, 0.5) is 0 Å². The first-order valence-electron chi connectivity index (χ1n) is 8.71. The van der Waals surface area contributed by atoms with Crippen molar-refractivity contribution >= 4 is 28.4 Å². The van der Waals surface area contributed by atoms with E-state index in [2.05, 4.69) is 9.97 Å². The van der Waals surface area contributed by atoms with Crippen LogP contribution in [0.15, 0.2) is 59.4 Å². The number of hydrogen-bond donors (Lipinski definition) is 1. The molecule has 0 radical (unpaired) electrons. The molecule has 3 aromatic heterocycles. The van der Waals surface area contributed by atoms with E-state index in [4.69, 9.17) is 16.6 Å². The summed E-state index contributed by atoms with van der Waals surface area (Å²) in [5, 5.41) is 0.778. The van der Waals surface area contributed by atoms with Gasteiger partial charge in [-0.05, 0) is 30.7 Å². The number of halogens is 1. The molecule has 0 saturated carbocycles. The molecule has 0 aliphatic carbocycles. The topological polar surface area (TPSA) is 75.7 Å². The molecule has 0 fully saturated rings. The van der Waals surface area contributed by atoms with E-state index in [-0.39, 0.29) is 16.9 Å². The zero-order valence-electron chi connectivity index (χ0n) is 15.3. The predicted molar refractivity (Wildman–Crippen MR) is 111 cm³/mol. The molecule has 0 aliphatic heterocycles. The lowest BCUT2D eigenvalue weighted by molar-refractivity contribution is 0.101.